The Hall–Kier alpha value is -2.84. The van der Waals surface area contributed by atoms with Crippen molar-refractivity contribution in [3.8, 4) is 0 Å². The van der Waals surface area contributed by atoms with Gasteiger partial charge in [0.1, 0.15) is 37.6 Å². The summed E-state index contributed by atoms with van der Waals surface area (Å²) in [5, 5.41) is 0. The molecule has 0 aliphatic carbocycles. The van der Waals surface area contributed by atoms with Crippen LogP contribution in [0.3, 0.4) is 0 Å². The minimum Gasteiger partial charge on any atom is -0.463 e. The third-order valence-corrected chi connectivity index (χ3v) is 4.79. The summed E-state index contributed by atoms with van der Waals surface area (Å²) < 4.78 is 48.4. The van der Waals surface area contributed by atoms with E-state index in [1.165, 1.54) is 27.7 Å². The topological polar surface area (TPSA) is 151 Å². The number of rotatable bonds is 14. The second-order valence-corrected chi connectivity index (χ2v) is 7.96. The fourth-order valence-corrected chi connectivity index (χ4v) is 3.26. The summed E-state index contributed by atoms with van der Waals surface area (Å²) in [5.41, 5.74) is 0. The van der Waals surface area contributed by atoms with E-state index in [2.05, 4.69) is 0 Å². The van der Waals surface area contributed by atoms with Crippen LogP contribution in [0.1, 0.15) is 27.7 Å². The first-order chi connectivity index (χ1) is 17.6. The van der Waals surface area contributed by atoms with Gasteiger partial charge in [0.25, 0.3) is 0 Å². The molecule has 2 aliphatic rings. The summed E-state index contributed by atoms with van der Waals surface area (Å²) in [6.07, 6.45) is 2.19. The summed E-state index contributed by atoms with van der Waals surface area (Å²) in [7, 11) is 0. The molecule has 2 aliphatic heterocycles. The van der Waals surface area contributed by atoms with Crippen LogP contribution >= 0.6 is 0 Å². The second-order valence-electron chi connectivity index (χ2n) is 7.96. The number of esters is 4. The molecule has 208 valence electrons. The quantitative estimate of drug-likeness (QED) is 0.133. The van der Waals surface area contributed by atoms with Gasteiger partial charge in [-0.1, -0.05) is 0 Å². The first kappa shape index (κ1) is 30.4. The Bertz CT molecular complexity index is 757. The molecule has 37 heavy (non-hydrogen) atoms. The Morgan fingerprint density at radius 1 is 0.595 bits per heavy atom. The molecule has 6 atom stereocenters. The van der Waals surface area contributed by atoms with E-state index in [0.717, 1.165) is 0 Å². The molecule has 0 saturated carbocycles. The third-order valence-electron chi connectivity index (χ3n) is 4.79. The number of carbonyl (C=O) groups excluding carboxylic acids is 4. The first-order valence-electron chi connectivity index (χ1n) is 11.7. The van der Waals surface area contributed by atoms with Crippen molar-refractivity contribution < 1.29 is 61.8 Å². The van der Waals surface area contributed by atoms with Gasteiger partial charge in [-0.3, -0.25) is 19.2 Å². The lowest BCUT2D eigenvalue weighted by molar-refractivity contribution is -0.203. The molecule has 13 heteroatoms. The van der Waals surface area contributed by atoms with Crippen molar-refractivity contribution in [3.05, 3.63) is 24.3 Å². The molecule has 0 unspecified atom stereocenters. The molecule has 0 aromatic heterocycles. The summed E-state index contributed by atoms with van der Waals surface area (Å²) in [5.74, 6) is -1.93. The zero-order valence-corrected chi connectivity index (χ0v) is 21.3. The highest BCUT2D eigenvalue weighted by atomic mass is 16.7. The maximum atomic E-state index is 11.3. The zero-order chi connectivity index (χ0) is 27.2. The van der Waals surface area contributed by atoms with Crippen LogP contribution in [-0.2, 0) is 61.8 Å². The molecule has 0 amide bonds. The van der Waals surface area contributed by atoms with E-state index in [1.807, 2.05) is 0 Å². The molecule has 0 N–H and O–H groups in total. The molecular weight excluding hydrogens is 496 g/mol. The predicted octanol–water partition coefficient (Wildman–Crippen LogP) is 0.588. The monoisotopic (exact) mass is 530 g/mol. The van der Waals surface area contributed by atoms with E-state index in [1.54, 1.807) is 24.3 Å². The molecule has 0 fully saturated rings. The molecule has 0 radical (unpaired) electrons. The molecule has 0 aromatic carbocycles. The third kappa shape index (κ3) is 12.3. The number of carbonyl (C=O) groups is 4. The molecule has 2 heterocycles. The summed E-state index contributed by atoms with van der Waals surface area (Å²) in [6, 6.07) is 0. The highest BCUT2D eigenvalue weighted by Gasteiger charge is 2.32. The predicted molar refractivity (Wildman–Crippen MR) is 123 cm³/mol. The highest BCUT2D eigenvalue weighted by Crippen LogP contribution is 2.19. The minimum atomic E-state index is -0.729. The van der Waals surface area contributed by atoms with Crippen LogP contribution in [0, 0.1) is 0 Å². The lowest BCUT2D eigenvalue weighted by atomic mass is 10.1. The van der Waals surface area contributed by atoms with Gasteiger partial charge >= 0.3 is 23.9 Å². The van der Waals surface area contributed by atoms with Crippen LogP contribution in [0.2, 0.25) is 0 Å². The standard InChI is InChI=1S/C24H34O13/c1-15(25)32-13-21-19(34-17(3)27)5-7-23(36-21)30-11-9-29-10-12-31-24-8-6-20(35-18(4)28)22(37-24)14-33-16(2)26/h5-8,19-24H,9-14H2,1-4H3/t19-,20-,21+,22+,23-,24-/m0/s1. The summed E-state index contributed by atoms with van der Waals surface area (Å²) >= 11 is 0. The lowest BCUT2D eigenvalue weighted by Crippen LogP contribution is -2.42. The van der Waals surface area contributed by atoms with E-state index in [-0.39, 0.29) is 39.6 Å². The van der Waals surface area contributed by atoms with Gasteiger partial charge in [-0.05, 0) is 24.3 Å². The molecule has 2 rings (SSSR count). The zero-order valence-electron chi connectivity index (χ0n) is 21.3. The van der Waals surface area contributed by atoms with Crippen molar-refractivity contribution in [2.45, 2.75) is 64.7 Å². The van der Waals surface area contributed by atoms with E-state index in [9.17, 15) is 19.2 Å². The summed E-state index contributed by atoms with van der Waals surface area (Å²) in [6.45, 7) is 5.78. The Labute approximate surface area is 214 Å². The maximum Gasteiger partial charge on any atom is 0.303 e. The van der Waals surface area contributed by atoms with Gasteiger partial charge < -0.3 is 42.6 Å². The number of hydrogen-bond acceptors (Lipinski definition) is 13. The largest absolute Gasteiger partial charge is 0.463 e. The SMILES string of the molecule is CC(=O)OC[C@H]1O[C@H](OCCOCCO[C@@H]2C=C[C@H](OC(C)=O)[C@@H](COC(C)=O)O2)C=C[C@@H]1OC(C)=O. The molecule has 0 bridgehead atoms. The fraction of sp³-hybridized carbons (Fsp3) is 0.667. The minimum absolute atomic E-state index is 0.0909. The highest BCUT2D eigenvalue weighted by molar-refractivity contribution is 5.67. The van der Waals surface area contributed by atoms with Crippen LogP contribution in [0.15, 0.2) is 24.3 Å². The van der Waals surface area contributed by atoms with E-state index in [4.69, 9.17) is 42.6 Å². The second kappa shape index (κ2) is 16.1. The van der Waals surface area contributed by atoms with E-state index < -0.39 is 60.9 Å². The first-order valence-corrected chi connectivity index (χ1v) is 11.7. The fourth-order valence-electron chi connectivity index (χ4n) is 3.26. The van der Waals surface area contributed by atoms with Crippen molar-refractivity contribution in [1.82, 2.24) is 0 Å². The normalized spacial score (nSPS) is 26.8. The number of hydrogen-bond donors (Lipinski definition) is 0. The van der Waals surface area contributed by atoms with Crippen LogP contribution in [0.4, 0.5) is 0 Å². The van der Waals surface area contributed by atoms with Crippen LogP contribution in [0.25, 0.3) is 0 Å². The lowest BCUT2D eigenvalue weighted by Gasteiger charge is -2.31. The van der Waals surface area contributed by atoms with Crippen LogP contribution < -0.4 is 0 Å². The van der Waals surface area contributed by atoms with Crippen molar-refractivity contribution in [2.75, 3.05) is 39.6 Å². The average molecular weight is 531 g/mol. The van der Waals surface area contributed by atoms with Gasteiger partial charge in [0, 0.05) is 27.7 Å². The van der Waals surface area contributed by atoms with Gasteiger partial charge in [0.05, 0.1) is 26.4 Å². The van der Waals surface area contributed by atoms with Crippen molar-refractivity contribution >= 4 is 23.9 Å². The van der Waals surface area contributed by atoms with Gasteiger partial charge in [0.2, 0.25) is 0 Å². The van der Waals surface area contributed by atoms with Crippen molar-refractivity contribution in [3.63, 3.8) is 0 Å². The maximum absolute atomic E-state index is 11.3. The van der Waals surface area contributed by atoms with Crippen LogP contribution in [0.5, 0.6) is 0 Å². The Balaban J connectivity index is 1.67. The van der Waals surface area contributed by atoms with Gasteiger partial charge in [-0.2, -0.15) is 0 Å². The number of ether oxygens (including phenoxy) is 9. The van der Waals surface area contributed by atoms with Crippen molar-refractivity contribution in [2.24, 2.45) is 0 Å². The Morgan fingerprint density at radius 3 is 1.35 bits per heavy atom. The molecule has 0 spiro atoms. The average Bonchev–Trinajstić information content (AvgIpc) is 2.82. The molecular formula is C24H34O13. The van der Waals surface area contributed by atoms with Gasteiger partial charge in [0.15, 0.2) is 12.6 Å². The molecule has 0 saturated heterocycles. The van der Waals surface area contributed by atoms with Gasteiger partial charge in [-0.15, -0.1) is 0 Å². The van der Waals surface area contributed by atoms with E-state index >= 15 is 0 Å². The molecule has 0 aromatic rings. The Morgan fingerprint density at radius 2 is 1.00 bits per heavy atom. The summed E-state index contributed by atoms with van der Waals surface area (Å²) in [4.78, 5) is 44.8. The molecule has 13 nitrogen and oxygen atoms in total. The van der Waals surface area contributed by atoms with Crippen LogP contribution in [-0.4, -0.2) is 101 Å². The smallest absolute Gasteiger partial charge is 0.303 e. The van der Waals surface area contributed by atoms with Crippen molar-refractivity contribution in [1.29, 1.82) is 0 Å². The van der Waals surface area contributed by atoms with Gasteiger partial charge in [-0.25, -0.2) is 0 Å². The Kier molecular flexibility index (Phi) is 13.2. The van der Waals surface area contributed by atoms with E-state index in [0.29, 0.717) is 0 Å².